The van der Waals surface area contributed by atoms with E-state index in [4.69, 9.17) is 20.8 Å². The Morgan fingerprint density at radius 2 is 1.88 bits per heavy atom. The second kappa shape index (κ2) is 6.80. The van der Waals surface area contributed by atoms with Gasteiger partial charge in [-0.25, -0.2) is 0 Å². The van der Waals surface area contributed by atoms with E-state index in [2.05, 4.69) is 5.32 Å². The van der Waals surface area contributed by atoms with Crippen molar-refractivity contribution in [2.24, 2.45) is 5.92 Å². The van der Waals surface area contributed by atoms with Crippen LogP contribution in [0.15, 0.2) is 40.8 Å². The second-order valence-corrected chi connectivity index (χ2v) is 7.43. The Kier molecular flexibility index (Phi) is 4.49. The summed E-state index contributed by atoms with van der Waals surface area (Å²) in [7, 11) is 0. The zero-order chi connectivity index (χ0) is 18.1. The Morgan fingerprint density at radius 3 is 2.62 bits per heavy atom. The third-order valence-electron chi connectivity index (χ3n) is 5.32. The number of benzene rings is 1. The number of hydrogen-bond acceptors (Lipinski definition) is 4. The van der Waals surface area contributed by atoms with Crippen molar-refractivity contribution in [3.63, 3.8) is 0 Å². The molecule has 2 aliphatic rings. The summed E-state index contributed by atoms with van der Waals surface area (Å²) < 4.78 is 11.3. The molecule has 1 saturated heterocycles. The fraction of sp³-hybridized carbons (Fsp3) is 0.400. The highest BCUT2D eigenvalue weighted by Crippen LogP contribution is 2.45. The fourth-order valence-corrected chi connectivity index (χ4v) is 4.11. The van der Waals surface area contributed by atoms with Gasteiger partial charge in [0.05, 0.1) is 18.9 Å². The molecule has 5 nitrogen and oxygen atoms in total. The number of carbonyl (C=O) groups excluding carboxylic acids is 2. The van der Waals surface area contributed by atoms with Crippen LogP contribution in [0.25, 0.3) is 11.3 Å². The molecule has 1 aromatic carbocycles. The van der Waals surface area contributed by atoms with Gasteiger partial charge in [0.1, 0.15) is 17.1 Å². The molecule has 1 aliphatic heterocycles. The van der Waals surface area contributed by atoms with E-state index in [-0.39, 0.29) is 24.8 Å². The summed E-state index contributed by atoms with van der Waals surface area (Å²) in [5, 5.41) is 3.57. The highest BCUT2D eigenvalue weighted by atomic mass is 35.5. The maximum Gasteiger partial charge on any atom is 0.307 e. The molecule has 2 fully saturated rings. The monoisotopic (exact) mass is 373 g/mol. The molecule has 1 atom stereocenters. The molecular weight excluding hydrogens is 354 g/mol. The van der Waals surface area contributed by atoms with Gasteiger partial charge in [-0.15, -0.1) is 0 Å². The molecule has 1 aromatic heterocycles. The van der Waals surface area contributed by atoms with Crippen molar-refractivity contribution in [3.8, 4) is 11.3 Å². The van der Waals surface area contributed by atoms with Crippen molar-refractivity contribution in [1.82, 2.24) is 5.32 Å². The number of rotatable bonds is 4. The number of furan rings is 1. The number of esters is 1. The van der Waals surface area contributed by atoms with E-state index in [0.29, 0.717) is 10.8 Å². The molecule has 1 aliphatic carbocycles. The van der Waals surface area contributed by atoms with Crippen molar-refractivity contribution in [1.29, 1.82) is 0 Å². The Bertz CT molecular complexity index is 821. The van der Waals surface area contributed by atoms with Gasteiger partial charge in [-0.1, -0.05) is 11.6 Å². The van der Waals surface area contributed by atoms with Crippen LogP contribution in [0.4, 0.5) is 0 Å². The summed E-state index contributed by atoms with van der Waals surface area (Å²) in [4.78, 5) is 24.4. The highest BCUT2D eigenvalue weighted by Gasteiger charge is 2.53. The normalized spacial score (nSPS) is 21.1. The SMILES string of the molecule is O=C1C[C@H](C(=O)NCc2ccc(-c3ccc(Cl)cc3)o2)C2(CCCC2)O1. The number of halogens is 1. The molecule has 0 unspecified atom stereocenters. The lowest BCUT2D eigenvalue weighted by Gasteiger charge is -2.27. The zero-order valence-corrected chi connectivity index (χ0v) is 15.1. The van der Waals surface area contributed by atoms with Gasteiger partial charge in [-0.05, 0) is 62.1 Å². The van der Waals surface area contributed by atoms with Crippen LogP contribution < -0.4 is 5.32 Å². The van der Waals surface area contributed by atoms with Gasteiger partial charge in [0.15, 0.2) is 0 Å². The van der Waals surface area contributed by atoms with Crippen LogP contribution >= 0.6 is 11.6 Å². The summed E-state index contributed by atoms with van der Waals surface area (Å²) in [5.41, 5.74) is 0.338. The summed E-state index contributed by atoms with van der Waals surface area (Å²) in [6.45, 7) is 0.285. The fourth-order valence-electron chi connectivity index (χ4n) is 3.99. The van der Waals surface area contributed by atoms with Crippen molar-refractivity contribution in [2.75, 3.05) is 0 Å². The van der Waals surface area contributed by atoms with Crippen LogP contribution in [-0.2, 0) is 20.9 Å². The van der Waals surface area contributed by atoms with Crippen molar-refractivity contribution in [3.05, 3.63) is 47.2 Å². The number of nitrogens with one attached hydrogen (secondary N) is 1. The molecule has 1 saturated carbocycles. The lowest BCUT2D eigenvalue weighted by atomic mass is 9.85. The lowest BCUT2D eigenvalue weighted by Crippen LogP contribution is -2.42. The van der Waals surface area contributed by atoms with Gasteiger partial charge in [-0.3, -0.25) is 9.59 Å². The predicted octanol–water partition coefficient (Wildman–Crippen LogP) is 4.09. The number of hydrogen-bond donors (Lipinski definition) is 1. The van der Waals surface area contributed by atoms with E-state index in [1.54, 1.807) is 12.1 Å². The molecular formula is C20H20ClNO4. The summed E-state index contributed by atoms with van der Waals surface area (Å²) in [6.07, 6.45) is 3.72. The van der Waals surface area contributed by atoms with Crippen LogP contribution in [0, 0.1) is 5.92 Å². The highest BCUT2D eigenvalue weighted by molar-refractivity contribution is 6.30. The minimum atomic E-state index is -0.585. The Morgan fingerprint density at radius 1 is 1.15 bits per heavy atom. The maximum absolute atomic E-state index is 12.6. The first kappa shape index (κ1) is 17.2. The molecule has 2 heterocycles. The number of ether oxygens (including phenoxy) is 1. The van der Waals surface area contributed by atoms with Crippen molar-refractivity contribution >= 4 is 23.5 Å². The first-order valence-corrected chi connectivity index (χ1v) is 9.28. The Labute approximate surface area is 156 Å². The van der Waals surface area contributed by atoms with Crippen molar-refractivity contribution in [2.45, 2.75) is 44.2 Å². The van der Waals surface area contributed by atoms with Gasteiger partial charge in [-0.2, -0.15) is 0 Å². The third-order valence-corrected chi connectivity index (χ3v) is 5.57. The summed E-state index contributed by atoms with van der Waals surface area (Å²) in [6, 6.07) is 11.1. The molecule has 1 spiro atoms. The Balaban J connectivity index is 1.40. The van der Waals surface area contributed by atoms with Crippen LogP contribution in [0.3, 0.4) is 0 Å². The van der Waals surface area contributed by atoms with Crippen LogP contribution in [-0.4, -0.2) is 17.5 Å². The smallest absolute Gasteiger partial charge is 0.307 e. The van der Waals surface area contributed by atoms with Crippen LogP contribution in [0.2, 0.25) is 5.02 Å². The molecule has 26 heavy (non-hydrogen) atoms. The summed E-state index contributed by atoms with van der Waals surface area (Å²) >= 11 is 5.90. The van der Waals surface area contributed by atoms with E-state index >= 15 is 0 Å². The quantitative estimate of drug-likeness (QED) is 0.819. The van der Waals surface area contributed by atoms with Gasteiger partial charge in [0.2, 0.25) is 5.91 Å². The Hall–Kier alpha value is -2.27. The standard InChI is InChI=1S/C20H20ClNO4/c21-14-5-3-13(4-6-14)17-8-7-15(25-17)12-22-19(24)16-11-18(23)26-20(16)9-1-2-10-20/h3-8,16H,1-2,9-12H2,(H,22,24)/t16-/m1/s1. The topological polar surface area (TPSA) is 68.5 Å². The van der Waals surface area contributed by atoms with E-state index < -0.39 is 11.5 Å². The van der Waals surface area contributed by atoms with E-state index in [9.17, 15) is 9.59 Å². The minimum absolute atomic E-state index is 0.137. The first-order valence-electron chi connectivity index (χ1n) is 8.90. The molecule has 1 amide bonds. The number of amides is 1. The molecule has 6 heteroatoms. The third kappa shape index (κ3) is 3.23. The molecule has 1 N–H and O–H groups in total. The summed E-state index contributed by atoms with van der Waals surface area (Å²) in [5.74, 6) is 0.576. The molecule has 0 bridgehead atoms. The van der Waals surface area contributed by atoms with E-state index in [1.807, 2.05) is 24.3 Å². The zero-order valence-electron chi connectivity index (χ0n) is 14.3. The van der Waals surface area contributed by atoms with Gasteiger partial charge >= 0.3 is 5.97 Å². The van der Waals surface area contributed by atoms with E-state index in [1.165, 1.54) is 0 Å². The number of carbonyl (C=O) groups is 2. The van der Waals surface area contributed by atoms with Crippen LogP contribution in [0.1, 0.15) is 37.9 Å². The molecule has 4 rings (SSSR count). The average Bonchev–Trinajstić information content (AvgIpc) is 3.35. The predicted molar refractivity (Wildman–Crippen MR) is 96.4 cm³/mol. The molecule has 0 radical (unpaired) electrons. The first-order chi connectivity index (χ1) is 12.6. The van der Waals surface area contributed by atoms with Crippen LogP contribution in [0.5, 0.6) is 0 Å². The lowest BCUT2D eigenvalue weighted by molar-refractivity contribution is -0.150. The minimum Gasteiger partial charge on any atom is -0.459 e. The van der Waals surface area contributed by atoms with Crippen molar-refractivity contribution < 1.29 is 18.7 Å². The largest absolute Gasteiger partial charge is 0.459 e. The molecule has 136 valence electrons. The maximum atomic E-state index is 12.6. The van der Waals surface area contributed by atoms with E-state index in [0.717, 1.165) is 37.0 Å². The van der Waals surface area contributed by atoms with Gasteiger partial charge < -0.3 is 14.5 Å². The van der Waals surface area contributed by atoms with Gasteiger partial charge in [0, 0.05) is 10.6 Å². The van der Waals surface area contributed by atoms with Gasteiger partial charge in [0.25, 0.3) is 0 Å². The second-order valence-electron chi connectivity index (χ2n) is 6.99. The average molecular weight is 374 g/mol. The molecule has 2 aromatic rings.